The number of aromatic nitrogens is 3. The SMILES string of the molecule is CCc1nc(C)nc(NC)n1. The number of aryl methyl sites for hydroxylation is 2. The van der Waals surface area contributed by atoms with Gasteiger partial charge in [-0.15, -0.1) is 0 Å². The van der Waals surface area contributed by atoms with Crippen LogP contribution in [0.5, 0.6) is 0 Å². The van der Waals surface area contributed by atoms with Gasteiger partial charge < -0.3 is 5.32 Å². The van der Waals surface area contributed by atoms with E-state index in [0.29, 0.717) is 5.95 Å². The highest BCUT2D eigenvalue weighted by Crippen LogP contribution is 1.99. The van der Waals surface area contributed by atoms with Crippen LogP contribution in [0.4, 0.5) is 5.95 Å². The van der Waals surface area contributed by atoms with Crippen molar-refractivity contribution in [2.75, 3.05) is 12.4 Å². The summed E-state index contributed by atoms with van der Waals surface area (Å²) in [6.45, 7) is 3.88. The summed E-state index contributed by atoms with van der Waals surface area (Å²) in [5.41, 5.74) is 0. The average Bonchev–Trinajstić information content (AvgIpc) is 2.03. The van der Waals surface area contributed by atoms with E-state index in [9.17, 15) is 0 Å². The van der Waals surface area contributed by atoms with E-state index < -0.39 is 0 Å². The van der Waals surface area contributed by atoms with E-state index in [1.807, 2.05) is 13.8 Å². The molecule has 0 aliphatic carbocycles. The minimum absolute atomic E-state index is 0.648. The van der Waals surface area contributed by atoms with Gasteiger partial charge in [0.2, 0.25) is 5.95 Å². The molecular formula is C7H12N4. The Kier molecular flexibility index (Phi) is 2.36. The molecule has 4 heteroatoms. The number of nitrogens with zero attached hydrogens (tertiary/aromatic N) is 3. The lowest BCUT2D eigenvalue weighted by atomic mass is 10.4. The fraction of sp³-hybridized carbons (Fsp3) is 0.571. The molecule has 0 unspecified atom stereocenters. The predicted molar refractivity (Wildman–Crippen MR) is 43.5 cm³/mol. The van der Waals surface area contributed by atoms with E-state index in [2.05, 4.69) is 20.3 Å². The molecule has 60 valence electrons. The summed E-state index contributed by atoms with van der Waals surface area (Å²) in [4.78, 5) is 12.3. The minimum Gasteiger partial charge on any atom is -0.357 e. The maximum atomic E-state index is 4.14. The molecule has 0 aliphatic heterocycles. The maximum absolute atomic E-state index is 4.14. The summed E-state index contributed by atoms with van der Waals surface area (Å²) in [5, 5.41) is 2.88. The van der Waals surface area contributed by atoms with Crippen molar-refractivity contribution in [1.82, 2.24) is 15.0 Å². The summed E-state index contributed by atoms with van der Waals surface area (Å²) in [6.07, 6.45) is 0.845. The van der Waals surface area contributed by atoms with Crippen LogP contribution in [0.25, 0.3) is 0 Å². The first-order valence-electron chi connectivity index (χ1n) is 3.65. The molecule has 0 spiro atoms. The standard InChI is InChI=1S/C7H12N4/c1-4-6-9-5(2)10-7(8-3)11-6/h4H2,1-3H3,(H,8,9,10,11). The Balaban J connectivity index is 3.02. The Morgan fingerprint density at radius 3 is 2.55 bits per heavy atom. The van der Waals surface area contributed by atoms with Gasteiger partial charge in [-0.1, -0.05) is 6.92 Å². The van der Waals surface area contributed by atoms with Crippen LogP contribution in [0, 0.1) is 6.92 Å². The number of nitrogens with one attached hydrogen (secondary N) is 1. The van der Waals surface area contributed by atoms with Gasteiger partial charge in [-0.3, -0.25) is 0 Å². The summed E-state index contributed by atoms with van der Waals surface area (Å²) in [6, 6.07) is 0. The van der Waals surface area contributed by atoms with Gasteiger partial charge in [0.1, 0.15) is 11.6 Å². The molecule has 0 atom stereocenters. The van der Waals surface area contributed by atoms with Crippen LogP contribution in [0.1, 0.15) is 18.6 Å². The third-order valence-corrected chi connectivity index (χ3v) is 1.33. The van der Waals surface area contributed by atoms with Crippen molar-refractivity contribution in [3.63, 3.8) is 0 Å². The normalized spacial score (nSPS) is 9.73. The van der Waals surface area contributed by atoms with Gasteiger partial charge in [0.05, 0.1) is 0 Å². The average molecular weight is 152 g/mol. The smallest absolute Gasteiger partial charge is 0.225 e. The molecule has 0 amide bonds. The quantitative estimate of drug-likeness (QED) is 0.680. The second-order valence-corrected chi connectivity index (χ2v) is 2.23. The topological polar surface area (TPSA) is 50.7 Å². The van der Waals surface area contributed by atoms with Crippen LogP contribution in [0.3, 0.4) is 0 Å². The summed E-state index contributed by atoms with van der Waals surface area (Å²) in [5.74, 6) is 2.25. The molecule has 1 heterocycles. The Labute approximate surface area is 66.1 Å². The van der Waals surface area contributed by atoms with Crippen LogP contribution in [0.2, 0.25) is 0 Å². The fourth-order valence-corrected chi connectivity index (χ4v) is 0.807. The third-order valence-electron chi connectivity index (χ3n) is 1.33. The van der Waals surface area contributed by atoms with E-state index in [1.165, 1.54) is 0 Å². The minimum atomic E-state index is 0.648. The first kappa shape index (κ1) is 7.91. The van der Waals surface area contributed by atoms with Crippen molar-refractivity contribution in [3.8, 4) is 0 Å². The summed E-state index contributed by atoms with van der Waals surface area (Å²) < 4.78 is 0. The first-order chi connectivity index (χ1) is 5.26. The lowest BCUT2D eigenvalue weighted by Gasteiger charge is -2.00. The van der Waals surface area contributed by atoms with Crippen molar-refractivity contribution in [2.45, 2.75) is 20.3 Å². The molecule has 0 saturated heterocycles. The van der Waals surface area contributed by atoms with Crippen molar-refractivity contribution in [2.24, 2.45) is 0 Å². The van der Waals surface area contributed by atoms with Crippen molar-refractivity contribution in [3.05, 3.63) is 11.6 Å². The molecule has 0 bridgehead atoms. The molecular weight excluding hydrogens is 140 g/mol. The third kappa shape index (κ3) is 1.86. The van der Waals surface area contributed by atoms with Crippen LogP contribution < -0.4 is 5.32 Å². The molecule has 11 heavy (non-hydrogen) atoms. The van der Waals surface area contributed by atoms with Crippen molar-refractivity contribution >= 4 is 5.95 Å². The highest BCUT2D eigenvalue weighted by atomic mass is 15.1. The lowest BCUT2D eigenvalue weighted by molar-refractivity contribution is 0.867. The molecule has 1 aromatic rings. The highest BCUT2D eigenvalue weighted by Gasteiger charge is 1.98. The van der Waals surface area contributed by atoms with Crippen molar-refractivity contribution in [1.29, 1.82) is 0 Å². The Hall–Kier alpha value is -1.19. The Morgan fingerprint density at radius 2 is 2.00 bits per heavy atom. The molecule has 0 saturated carbocycles. The second kappa shape index (κ2) is 3.27. The highest BCUT2D eigenvalue weighted by molar-refractivity contribution is 5.22. The molecule has 0 fully saturated rings. The van der Waals surface area contributed by atoms with Gasteiger partial charge in [0, 0.05) is 13.5 Å². The molecule has 1 aromatic heterocycles. The van der Waals surface area contributed by atoms with Gasteiger partial charge >= 0.3 is 0 Å². The molecule has 0 radical (unpaired) electrons. The number of hydrogen-bond donors (Lipinski definition) is 1. The lowest BCUT2D eigenvalue weighted by Crippen LogP contribution is -2.04. The fourth-order valence-electron chi connectivity index (χ4n) is 0.807. The van der Waals surface area contributed by atoms with E-state index >= 15 is 0 Å². The van der Waals surface area contributed by atoms with Crippen molar-refractivity contribution < 1.29 is 0 Å². The van der Waals surface area contributed by atoms with Crippen LogP contribution >= 0.6 is 0 Å². The summed E-state index contributed by atoms with van der Waals surface area (Å²) >= 11 is 0. The van der Waals surface area contributed by atoms with E-state index in [4.69, 9.17) is 0 Å². The zero-order valence-electron chi connectivity index (χ0n) is 7.05. The zero-order chi connectivity index (χ0) is 8.27. The monoisotopic (exact) mass is 152 g/mol. The van der Waals surface area contributed by atoms with E-state index in [0.717, 1.165) is 18.1 Å². The first-order valence-corrected chi connectivity index (χ1v) is 3.65. The maximum Gasteiger partial charge on any atom is 0.225 e. The van der Waals surface area contributed by atoms with Crippen LogP contribution in [-0.2, 0) is 6.42 Å². The zero-order valence-corrected chi connectivity index (χ0v) is 7.05. The second-order valence-electron chi connectivity index (χ2n) is 2.23. The molecule has 1 N–H and O–H groups in total. The van der Waals surface area contributed by atoms with Gasteiger partial charge in [-0.25, -0.2) is 4.98 Å². The Bertz CT molecular complexity index is 224. The van der Waals surface area contributed by atoms with Gasteiger partial charge in [0.15, 0.2) is 0 Å². The van der Waals surface area contributed by atoms with Crippen LogP contribution in [0.15, 0.2) is 0 Å². The largest absolute Gasteiger partial charge is 0.357 e. The Morgan fingerprint density at radius 1 is 1.27 bits per heavy atom. The molecule has 0 aromatic carbocycles. The predicted octanol–water partition coefficient (Wildman–Crippen LogP) is 0.784. The van der Waals surface area contributed by atoms with Gasteiger partial charge in [-0.05, 0) is 6.92 Å². The molecule has 0 aliphatic rings. The van der Waals surface area contributed by atoms with Gasteiger partial charge in [0.25, 0.3) is 0 Å². The molecule has 1 rings (SSSR count). The number of rotatable bonds is 2. The van der Waals surface area contributed by atoms with E-state index in [1.54, 1.807) is 7.05 Å². The number of hydrogen-bond acceptors (Lipinski definition) is 4. The van der Waals surface area contributed by atoms with Crippen LogP contribution in [-0.4, -0.2) is 22.0 Å². The van der Waals surface area contributed by atoms with E-state index in [-0.39, 0.29) is 0 Å². The molecule has 4 nitrogen and oxygen atoms in total. The summed E-state index contributed by atoms with van der Waals surface area (Å²) in [7, 11) is 1.80. The number of anilines is 1. The van der Waals surface area contributed by atoms with Gasteiger partial charge in [-0.2, -0.15) is 9.97 Å².